The summed E-state index contributed by atoms with van der Waals surface area (Å²) in [7, 11) is -0.541. The highest BCUT2D eigenvalue weighted by molar-refractivity contribution is 6.74. The van der Waals surface area contributed by atoms with E-state index in [0.29, 0.717) is 36.3 Å². The molecule has 12 heteroatoms. The van der Waals surface area contributed by atoms with Gasteiger partial charge in [-0.2, -0.15) is 10.4 Å². The van der Waals surface area contributed by atoms with Gasteiger partial charge in [0.2, 0.25) is 5.95 Å². The van der Waals surface area contributed by atoms with Crippen LogP contribution in [0.1, 0.15) is 57.4 Å². The van der Waals surface area contributed by atoms with E-state index in [0.717, 1.165) is 67.1 Å². The Morgan fingerprint density at radius 3 is 2.80 bits per heavy atom. The van der Waals surface area contributed by atoms with Crippen molar-refractivity contribution in [1.29, 1.82) is 5.26 Å². The molecule has 0 saturated carbocycles. The maximum atomic E-state index is 11.6. The molecule has 1 radical (unpaired) electrons. The quantitative estimate of drug-likeness (QED) is 0.231. The van der Waals surface area contributed by atoms with Gasteiger partial charge in [-0.05, 0) is 61.7 Å². The van der Waals surface area contributed by atoms with E-state index in [-0.39, 0.29) is 5.04 Å². The lowest BCUT2D eigenvalue weighted by molar-refractivity contribution is 0.0472. The Bertz CT molecular complexity index is 1560. The van der Waals surface area contributed by atoms with Gasteiger partial charge in [-0.1, -0.05) is 27.7 Å². The average Bonchev–Trinajstić information content (AvgIpc) is 3.47. The van der Waals surface area contributed by atoms with Crippen LogP contribution in [0.2, 0.25) is 18.1 Å². The van der Waals surface area contributed by atoms with Crippen molar-refractivity contribution >= 4 is 39.4 Å². The minimum absolute atomic E-state index is 0.0571. The fraction of sp³-hybridized carbons (Fsp3) is 0.531. The Morgan fingerprint density at radius 2 is 2.11 bits per heavy atom. The predicted octanol–water partition coefficient (Wildman–Crippen LogP) is 5.60. The Morgan fingerprint density at radius 1 is 1.32 bits per heavy atom. The number of rotatable bonds is 10. The summed E-state index contributed by atoms with van der Waals surface area (Å²) in [6, 6.07) is 10.2. The molecule has 2 aliphatic rings. The Hall–Kier alpha value is -3.53. The molecule has 2 aliphatic heterocycles. The number of carbonyl (C=O) groups excluding carboxylic acids is 1. The first-order valence-electron chi connectivity index (χ1n) is 15.3. The van der Waals surface area contributed by atoms with Crippen LogP contribution < -0.4 is 10.1 Å². The minimum atomic E-state index is -2.05. The zero-order valence-electron chi connectivity index (χ0n) is 27.0. The number of hydrogen-bond acceptors (Lipinski definition) is 9. The van der Waals surface area contributed by atoms with Gasteiger partial charge in [-0.15, -0.1) is 0 Å². The smallest absolute Gasteiger partial charge is 0.329 e. The van der Waals surface area contributed by atoms with Crippen LogP contribution in [-0.2, 0) is 25.9 Å². The van der Waals surface area contributed by atoms with E-state index in [2.05, 4.69) is 63.2 Å². The van der Waals surface area contributed by atoms with E-state index in [1.807, 2.05) is 34.6 Å². The molecule has 1 saturated heterocycles. The highest BCUT2D eigenvalue weighted by Crippen LogP contribution is 2.46. The lowest BCUT2D eigenvalue weighted by atomic mass is 9.83. The lowest BCUT2D eigenvalue weighted by Crippen LogP contribution is -2.46. The van der Waals surface area contributed by atoms with E-state index in [1.165, 1.54) is 7.41 Å². The van der Waals surface area contributed by atoms with Gasteiger partial charge < -0.3 is 24.1 Å². The van der Waals surface area contributed by atoms with Gasteiger partial charge in [-0.3, -0.25) is 0 Å². The third kappa shape index (κ3) is 6.60. The zero-order chi connectivity index (χ0) is 31.7. The van der Waals surface area contributed by atoms with E-state index in [9.17, 15) is 10.1 Å². The van der Waals surface area contributed by atoms with Crippen LogP contribution in [0, 0.1) is 24.2 Å². The number of anilines is 3. The van der Waals surface area contributed by atoms with Crippen LogP contribution in [-0.4, -0.2) is 68.0 Å². The van der Waals surface area contributed by atoms with Crippen LogP contribution in [0.4, 0.5) is 17.5 Å². The number of benzene rings is 1. The second-order valence-corrected chi connectivity index (χ2v) is 18.7. The topological polar surface area (TPSA) is 118 Å². The third-order valence-corrected chi connectivity index (χ3v) is 13.7. The molecule has 0 amide bonds. The summed E-state index contributed by atoms with van der Waals surface area (Å²) in [6.07, 6.45) is 4.68. The molecule has 3 aromatic rings. The van der Waals surface area contributed by atoms with Crippen LogP contribution in [0.3, 0.4) is 0 Å². The van der Waals surface area contributed by atoms with E-state index >= 15 is 0 Å². The summed E-state index contributed by atoms with van der Waals surface area (Å²) in [4.78, 5) is 22.8. The molecule has 10 nitrogen and oxygen atoms in total. The highest BCUT2D eigenvalue weighted by atomic mass is 28.4. The lowest BCUT2D eigenvalue weighted by Gasteiger charge is -2.39. The third-order valence-electron chi connectivity index (χ3n) is 9.26. The van der Waals surface area contributed by atoms with Crippen LogP contribution in [0.5, 0.6) is 0 Å². The normalized spacial score (nSPS) is 20.2. The van der Waals surface area contributed by atoms with E-state index in [4.69, 9.17) is 19.2 Å². The van der Waals surface area contributed by atoms with E-state index in [1.54, 1.807) is 6.20 Å². The Balaban J connectivity index is 1.47. The number of nitriles is 1. The summed E-state index contributed by atoms with van der Waals surface area (Å²) in [5.74, 6) is 1.69. The van der Waals surface area contributed by atoms with Crippen molar-refractivity contribution < 1.29 is 14.0 Å². The Labute approximate surface area is 262 Å². The first kappa shape index (κ1) is 31.9. The molecule has 1 N–H and O–H groups in total. The van der Waals surface area contributed by atoms with Crippen molar-refractivity contribution in [3.8, 4) is 17.3 Å². The molecular formula is C32H43BN7O3Si. The predicted molar refractivity (Wildman–Crippen MR) is 176 cm³/mol. The summed E-state index contributed by atoms with van der Waals surface area (Å²) in [6.45, 7) is 18.6. The number of ether oxygens (including phenoxy) is 1. The molecule has 44 heavy (non-hydrogen) atoms. The van der Waals surface area contributed by atoms with Crippen molar-refractivity contribution in [2.24, 2.45) is 5.92 Å². The number of aromatic nitrogens is 4. The molecule has 4 heterocycles. The first-order chi connectivity index (χ1) is 20.8. The molecule has 0 spiro atoms. The van der Waals surface area contributed by atoms with Crippen LogP contribution in [0.25, 0.3) is 11.3 Å². The molecule has 2 atom stereocenters. The summed E-state index contributed by atoms with van der Waals surface area (Å²) in [5.41, 5.74) is 4.18. The second-order valence-electron chi connectivity index (χ2n) is 13.9. The molecule has 5 rings (SSSR count). The molecule has 2 aromatic heterocycles. The molecular weight excluding hydrogens is 569 g/mol. The Kier molecular flexibility index (Phi) is 9.03. The number of aryl methyl sites for hydroxylation is 1. The van der Waals surface area contributed by atoms with Crippen LogP contribution >= 0.6 is 0 Å². The minimum Gasteiger partial charge on any atom is -0.416 e. The monoisotopic (exact) mass is 612 g/mol. The van der Waals surface area contributed by atoms with Gasteiger partial charge in [0.25, 0.3) is 0 Å². The molecule has 1 unspecified atom stereocenters. The van der Waals surface area contributed by atoms with Gasteiger partial charge in [-0.25, -0.2) is 14.6 Å². The van der Waals surface area contributed by atoms with Crippen molar-refractivity contribution in [3.05, 3.63) is 47.3 Å². The second kappa shape index (κ2) is 12.5. The van der Waals surface area contributed by atoms with Crippen molar-refractivity contribution in [3.63, 3.8) is 0 Å². The molecule has 231 valence electrons. The van der Waals surface area contributed by atoms with Crippen molar-refractivity contribution in [1.82, 2.24) is 19.7 Å². The SMILES string of the molecule is Cc1cc(Nc2nccc(-c3cc(C#N)c4c(c3)[C@@](C)(CO[Si](C)(C)C(C)(C)C)CN4[B]C=O)n2)n(CC2CCCOC2)n1. The molecule has 1 aromatic carbocycles. The average molecular weight is 613 g/mol. The van der Waals surface area contributed by atoms with Gasteiger partial charge >= 0.3 is 7.41 Å². The summed E-state index contributed by atoms with van der Waals surface area (Å²) < 4.78 is 14.4. The standard InChI is InChI=1S/C32H43BN7O3Si/c1-22-13-28(40(38-22)17-23-9-8-12-42-18-23)37-30-35-11-10-27(36-30)24-14-25(16-34)29-26(15-24)32(5,19-39(29)33-21-41)20-43-44(6,7)31(2,3)4/h10-11,13-15,21,23H,8-9,12,17-20H2,1-7H3,(H,35,36,37)/t23?,32-/m1/s1. The largest absolute Gasteiger partial charge is 0.416 e. The fourth-order valence-corrected chi connectivity index (χ4v) is 6.85. The number of nitrogens with zero attached hydrogens (tertiary/aromatic N) is 6. The van der Waals surface area contributed by atoms with Gasteiger partial charge in [0, 0.05) is 61.2 Å². The number of fused-ring (bicyclic) bond motifs is 1. The molecule has 1 fully saturated rings. The summed E-state index contributed by atoms with van der Waals surface area (Å²) in [5, 5.41) is 18.4. The van der Waals surface area contributed by atoms with Gasteiger partial charge in [0.05, 0.1) is 23.6 Å². The summed E-state index contributed by atoms with van der Waals surface area (Å²) >= 11 is 0. The fourth-order valence-electron chi connectivity index (χ4n) is 5.73. The molecule has 0 aliphatic carbocycles. The zero-order valence-corrected chi connectivity index (χ0v) is 28.0. The number of hydrogen-bond donors (Lipinski definition) is 1. The van der Waals surface area contributed by atoms with Crippen molar-refractivity contribution in [2.75, 3.05) is 36.5 Å². The van der Waals surface area contributed by atoms with E-state index < -0.39 is 13.7 Å². The van der Waals surface area contributed by atoms with Gasteiger partial charge in [0.15, 0.2) is 8.32 Å². The maximum Gasteiger partial charge on any atom is 0.329 e. The maximum absolute atomic E-state index is 11.6. The number of carbonyl (C=O) groups is 1. The number of nitrogens with one attached hydrogen (secondary N) is 1. The molecule has 0 bridgehead atoms. The first-order valence-corrected chi connectivity index (χ1v) is 18.2. The van der Waals surface area contributed by atoms with Crippen LogP contribution in [0.15, 0.2) is 30.5 Å². The highest BCUT2D eigenvalue weighted by Gasteiger charge is 2.44. The van der Waals surface area contributed by atoms with Crippen molar-refractivity contribution in [2.45, 2.75) is 77.6 Å². The van der Waals surface area contributed by atoms with Gasteiger partial charge in [0.1, 0.15) is 18.1 Å².